The Morgan fingerprint density at radius 3 is 3.08 bits per heavy atom. The average molecular weight is 363 g/mol. The van der Waals surface area contributed by atoms with Gasteiger partial charge in [-0.1, -0.05) is 6.07 Å². The summed E-state index contributed by atoms with van der Waals surface area (Å²) in [6, 6.07) is 6.06. The predicted molar refractivity (Wildman–Crippen MR) is 103 cm³/mol. The van der Waals surface area contributed by atoms with E-state index in [1.807, 2.05) is 29.7 Å². The monoisotopic (exact) mass is 363 g/mol. The van der Waals surface area contributed by atoms with Crippen molar-refractivity contribution in [3.05, 3.63) is 58.5 Å². The molecule has 0 bridgehead atoms. The van der Waals surface area contributed by atoms with Crippen molar-refractivity contribution in [2.45, 2.75) is 25.8 Å². The zero-order valence-electron chi connectivity index (χ0n) is 14.2. The highest BCUT2D eigenvalue weighted by atomic mass is 32.1. The zero-order chi connectivity index (χ0) is 17.8. The molecule has 3 N–H and O–H groups in total. The normalized spacial score (nSPS) is 16.3. The molecule has 1 aliphatic carbocycles. The molecule has 7 heteroatoms. The van der Waals surface area contributed by atoms with Gasteiger partial charge in [0.05, 0.1) is 5.69 Å². The van der Waals surface area contributed by atoms with Crippen molar-refractivity contribution in [2.75, 3.05) is 5.73 Å². The van der Waals surface area contributed by atoms with Crippen LogP contribution in [0.3, 0.4) is 0 Å². The number of rotatable bonds is 2. The lowest BCUT2D eigenvalue weighted by molar-refractivity contribution is 0.0943. The van der Waals surface area contributed by atoms with Gasteiger partial charge in [-0.3, -0.25) is 14.2 Å². The van der Waals surface area contributed by atoms with E-state index >= 15 is 0 Å². The summed E-state index contributed by atoms with van der Waals surface area (Å²) in [6.45, 7) is 2.00. The number of nitrogen functional groups attached to an aromatic ring is 1. The van der Waals surface area contributed by atoms with Gasteiger partial charge in [0.15, 0.2) is 0 Å². The van der Waals surface area contributed by atoms with Crippen LogP contribution in [0.1, 0.15) is 26.5 Å². The maximum Gasteiger partial charge on any atom is 0.263 e. The second kappa shape index (κ2) is 5.54. The molecule has 0 fully saturated rings. The van der Waals surface area contributed by atoms with Crippen molar-refractivity contribution in [2.24, 2.45) is 0 Å². The van der Waals surface area contributed by atoms with Crippen LogP contribution in [-0.2, 0) is 12.8 Å². The number of pyridine rings is 2. The fraction of sp³-hybridized carbons (Fsp3) is 0.211. The van der Waals surface area contributed by atoms with Crippen LogP contribution >= 0.6 is 11.3 Å². The fourth-order valence-electron chi connectivity index (χ4n) is 3.78. The molecule has 0 radical (unpaired) electrons. The number of carbonyl (C=O) groups is 1. The number of amides is 1. The van der Waals surface area contributed by atoms with E-state index in [2.05, 4.69) is 21.4 Å². The van der Waals surface area contributed by atoms with E-state index in [-0.39, 0.29) is 11.9 Å². The Bertz CT molecular complexity index is 1150. The minimum Gasteiger partial charge on any atom is -0.397 e. The van der Waals surface area contributed by atoms with Gasteiger partial charge in [0.2, 0.25) is 0 Å². The van der Waals surface area contributed by atoms with Gasteiger partial charge in [0.25, 0.3) is 5.91 Å². The van der Waals surface area contributed by atoms with Gasteiger partial charge >= 0.3 is 0 Å². The first-order chi connectivity index (χ1) is 12.6. The summed E-state index contributed by atoms with van der Waals surface area (Å²) in [6.07, 6.45) is 7.02. The third kappa shape index (κ3) is 2.20. The van der Waals surface area contributed by atoms with Crippen molar-refractivity contribution >= 4 is 38.8 Å². The molecular formula is C19H17N5OS. The van der Waals surface area contributed by atoms with Gasteiger partial charge in [0, 0.05) is 42.1 Å². The van der Waals surface area contributed by atoms with Crippen LogP contribution in [0.15, 0.2) is 36.8 Å². The first-order valence-corrected chi connectivity index (χ1v) is 9.31. The smallest absolute Gasteiger partial charge is 0.263 e. The zero-order valence-corrected chi connectivity index (χ0v) is 15.0. The highest BCUT2D eigenvalue weighted by Crippen LogP contribution is 2.36. The number of nitrogens with two attached hydrogens (primary N) is 1. The van der Waals surface area contributed by atoms with Gasteiger partial charge in [-0.15, -0.1) is 11.3 Å². The Morgan fingerprint density at radius 2 is 2.23 bits per heavy atom. The molecule has 4 aromatic heterocycles. The van der Waals surface area contributed by atoms with Crippen LogP contribution in [-0.4, -0.2) is 26.3 Å². The van der Waals surface area contributed by atoms with Crippen LogP contribution < -0.4 is 11.1 Å². The third-order valence-corrected chi connectivity index (χ3v) is 6.19. The Labute approximate surface area is 153 Å². The van der Waals surface area contributed by atoms with Crippen molar-refractivity contribution in [1.29, 1.82) is 0 Å². The van der Waals surface area contributed by atoms with E-state index in [0.717, 1.165) is 40.0 Å². The lowest BCUT2D eigenvalue weighted by atomic mass is 10.1. The van der Waals surface area contributed by atoms with Crippen molar-refractivity contribution in [1.82, 2.24) is 19.7 Å². The maximum absolute atomic E-state index is 12.9. The number of carbonyl (C=O) groups excluding carboxylic acids is 1. The second-order valence-electron chi connectivity index (χ2n) is 6.70. The van der Waals surface area contributed by atoms with Crippen LogP contribution in [0.2, 0.25) is 0 Å². The number of hydrogen-bond acceptors (Lipinski definition) is 5. The topological polar surface area (TPSA) is 85.3 Å². The van der Waals surface area contributed by atoms with Crippen LogP contribution in [0.4, 0.5) is 5.69 Å². The first kappa shape index (κ1) is 15.3. The molecule has 0 spiro atoms. The number of fused-ring (bicyclic) bond motifs is 4. The number of nitrogens with zero attached hydrogens (tertiary/aromatic N) is 3. The predicted octanol–water partition coefficient (Wildman–Crippen LogP) is 2.73. The summed E-state index contributed by atoms with van der Waals surface area (Å²) in [5.74, 6) is -0.117. The molecular weight excluding hydrogens is 346 g/mol. The lowest BCUT2D eigenvalue weighted by Gasteiger charge is -2.11. The number of aromatic nitrogens is 3. The summed E-state index contributed by atoms with van der Waals surface area (Å²) in [7, 11) is 0. The third-order valence-electron chi connectivity index (χ3n) is 4.99. The molecule has 0 aliphatic heterocycles. The first-order valence-electron chi connectivity index (χ1n) is 8.50. The Morgan fingerprint density at radius 1 is 1.35 bits per heavy atom. The summed E-state index contributed by atoms with van der Waals surface area (Å²) in [5.41, 5.74) is 11.1. The highest BCUT2D eigenvalue weighted by Gasteiger charge is 2.26. The number of nitrogens with one attached hydrogen (secondary N) is 1. The molecule has 4 heterocycles. The van der Waals surface area contributed by atoms with E-state index in [9.17, 15) is 4.79 Å². The molecule has 26 heavy (non-hydrogen) atoms. The molecule has 1 amide bonds. The van der Waals surface area contributed by atoms with E-state index in [4.69, 9.17) is 5.73 Å². The molecule has 0 saturated heterocycles. The van der Waals surface area contributed by atoms with Crippen molar-refractivity contribution in [3.8, 4) is 0 Å². The summed E-state index contributed by atoms with van der Waals surface area (Å²) < 4.78 is 1.98. The number of imidazole rings is 1. The molecule has 1 atom stereocenters. The maximum atomic E-state index is 12.9. The average Bonchev–Trinajstić information content (AvgIpc) is 3.30. The molecule has 1 unspecified atom stereocenters. The van der Waals surface area contributed by atoms with Gasteiger partial charge in [-0.05, 0) is 36.6 Å². The van der Waals surface area contributed by atoms with Gasteiger partial charge in [-0.2, -0.15) is 0 Å². The SMILES string of the molecule is Cc1cc2nccn2c2sc(C(=O)NC3Cc4cccnc4C3)c(N)c12. The molecule has 0 aromatic carbocycles. The lowest BCUT2D eigenvalue weighted by Crippen LogP contribution is -2.35. The van der Waals surface area contributed by atoms with Gasteiger partial charge < -0.3 is 11.1 Å². The van der Waals surface area contributed by atoms with E-state index in [1.54, 1.807) is 12.4 Å². The van der Waals surface area contributed by atoms with Gasteiger partial charge in [-0.25, -0.2) is 4.98 Å². The standard InChI is InChI=1S/C19H17N5OS/c1-10-7-14-22-5-6-24(14)19-15(10)16(20)17(26-19)18(25)23-12-8-11-3-2-4-21-13(11)9-12/h2-7,12H,8-9,20H2,1H3,(H,23,25). The number of thiophene rings is 1. The largest absolute Gasteiger partial charge is 0.397 e. The fourth-order valence-corrected chi connectivity index (χ4v) is 4.96. The Balaban J connectivity index is 1.50. The van der Waals surface area contributed by atoms with Crippen LogP contribution in [0.25, 0.3) is 15.9 Å². The van der Waals surface area contributed by atoms with Crippen LogP contribution in [0.5, 0.6) is 0 Å². The molecule has 130 valence electrons. The quantitative estimate of drug-likeness (QED) is 0.573. The van der Waals surface area contributed by atoms with Gasteiger partial charge in [0.1, 0.15) is 15.4 Å². The number of aryl methyl sites for hydroxylation is 1. The van der Waals surface area contributed by atoms with Crippen molar-refractivity contribution < 1.29 is 4.79 Å². The Kier molecular flexibility index (Phi) is 3.27. The molecule has 6 nitrogen and oxygen atoms in total. The molecule has 0 saturated carbocycles. The Hall–Kier alpha value is -2.93. The van der Waals surface area contributed by atoms with E-state index < -0.39 is 0 Å². The van der Waals surface area contributed by atoms with Crippen LogP contribution in [0, 0.1) is 6.92 Å². The van der Waals surface area contributed by atoms with E-state index in [1.165, 1.54) is 16.9 Å². The number of anilines is 1. The molecule has 5 rings (SSSR count). The minimum absolute atomic E-state index is 0.0615. The van der Waals surface area contributed by atoms with Crippen molar-refractivity contribution in [3.63, 3.8) is 0 Å². The summed E-state index contributed by atoms with van der Waals surface area (Å²) in [4.78, 5) is 23.2. The second-order valence-corrected chi connectivity index (χ2v) is 7.69. The molecule has 4 aromatic rings. The summed E-state index contributed by atoms with van der Waals surface area (Å²) in [5, 5.41) is 4.06. The molecule has 1 aliphatic rings. The minimum atomic E-state index is -0.117. The summed E-state index contributed by atoms with van der Waals surface area (Å²) >= 11 is 1.42. The highest BCUT2D eigenvalue weighted by molar-refractivity contribution is 7.21. The number of hydrogen-bond donors (Lipinski definition) is 2. The van der Waals surface area contributed by atoms with E-state index in [0.29, 0.717) is 10.6 Å².